The summed E-state index contributed by atoms with van der Waals surface area (Å²) in [5.74, 6) is 0. The van der Waals surface area contributed by atoms with Crippen molar-refractivity contribution >= 4 is 0 Å². The highest BCUT2D eigenvalue weighted by Gasteiger charge is 2.34. The number of fused-ring (bicyclic) bond motifs is 3. The van der Waals surface area contributed by atoms with Crippen LogP contribution in [0.25, 0.3) is 11.1 Å². The van der Waals surface area contributed by atoms with Gasteiger partial charge in [-0.25, -0.2) is 0 Å². The van der Waals surface area contributed by atoms with E-state index in [-0.39, 0.29) is 5.41 Å². The molecule has 0 bridgehead atoms. The van der Waals surface area contributed by atoms with Crippen LogP contribution >= 0.6 is 0 Å². The van der Waals surface area contributed by atoms with E-state index in [4.69, 9.17) is 5.26 Å². The molecule has 0 fully saturated rings. The average molecular weight is 219 g/mol. The largest absolute Gasteiger partial charge is 0.192 e. The molecule has 0 aromatic heterocycles. The Labute approximate surface area is 101 Å². The zero-order valence-electron chi connectivity index (χ0n) is 9.99. The average Bonchev–Trinajstić information content (AvgIpc) is 2.59. The Hall–Kier alpha value is -2.07. The summed E-state index contributed by atoms with van der Waals surface area (Å²) in [5.41, 5.74) is 5.92. The van der Waals surface area contributed by atoms with Crippen LogP contribution in [0.4, 0.5) is 0 Å². The van der Waals surface area contributed by atoms with Gasteiger partial charge in [-0.1, -0.05) is 44.2 Å². The van der Waals surface area contributed by atoms with Crippen LogP contribution in [0.2, 0.25) is 0 Å². The summed E-state index contributed by atoms with van der Waals surface area (Å²) in [6, 6.07) is 16.7. The number of rotatable bonds is 0. The van der Waals surface area contributed by atoms with Crippen molar-refractivity contribution in [3.63, 3.8) is 0 Å². The number of nitriles is 1. The maximum absolute atomic E-state index is 9.01. The van der Waals surface area contributed by atoms with Gasteiger partial charge >= 0.3 is 0 Å². The van der Waals surface area contributed by atoms with Crippen molar-refractivity contribution in [1.29, 1.82) is 5.26 Å². The third kappa shape index (κ3) is 1.24. The molecule has 0 N–H and O–H groups in total. The SMILES string of the molecule is CC1(C)c2ccccc2-c2ccc(C#N)cc21. The van der Waals surface area contributed by atoms with Crippen molar-refractivity contribution in [3.05, 3.63) is 59.2 Å². The first-order valence-corrected chi connectivity index (χ1v) is 5.79. The van der Waals surface area contributed by atoms with Gasteiger partial charge < -0.3 is 0 Å². The van der Waals surface area contributed by atoms with Crippen LogP contribution in [0.15, 0.2) is 42.5 Å². The van der Waals surface area contributed by atoms with Crippen molar-refractivity contribution in [2.75, 3.05) is 0 Å². The normalized spacial score (nSPS) is 14.9. The Balaban J connectivity index is 2.36. The highest BCUT2D eigenvalue weighted by atomic mass is 14.4. The smallest absolute Gasteiger partial charge is 0.0991 e. The fourth-order valence-electron chi connectivity index (χ4n) is 2.77. The fraction of sp³-hybridized carbons (Fsp3) is 0.188. The molecule has 0 spiro atoms. The highest BCUT2D eigenvalue weighted by molar-refractivity contribution is 5.81. The molecule has 1 heteroatoms. The van der Waals surface area contributed by atoms with Gasteiger partial charge in [-0.05, 0) is 34.4 Å². The van der Waals surface area contributed by atoms with Gasteiger partial charge in [-0.2, -0.15) is 5.26 Å². The van der Waals surface area contributed by atoms with Gasteiger partial charge in [0.25, 0.3) is 0 Å². The predicted octanol–water partition coefficient (Wildman–Crippen LogP) is 3.86. The summed E-state index contributed by atoms with van der Waals surface area (Å²) in [7, 11) is 0. The standard InChI is InChI=1S/C16H13N/c1-16(2)14-6-4-3-5-12(14)13-8-7-11(10-17)9-15(13)16/h3-9H,1-2H3. The van der Waals surface area contributed by atoms with Crippen molar-refractivity contribution < 1.29 is 0 Å². The molecule has 0 radical (unpaired) electrons. The molecule has 82 valence electrons. The Morgan fingerprint density at radius 1 is 0.941 bits per heavy atom. The predicted molar refractivity (Wildman–Crippen MR) is 68.7 cm³/mol. The monoisotopic (exact) mass is 219 g/mol. The van der Waals surface area contributed by atoms with Gasteiger partial charge in [0.1, 0.15) is 0 Å². The highest BCUT2D eigenvalue weighted by Crippen LogP contribution is 2.48. The van der Waals surface area contributed by atoms with Crippen molar-refractivity contribution in [2.24, 2.45) is 0 Å². The van der Waals surface area contributed by atoms with Gasteiger partial charge in [-0.3, -0.25) is 0 Å². The first kappa shape index (κ1) is 10.1. The third-order valence-electron chi connectivity index (χ3n) is 3.71. The van der Waals surface area contributed by atoms with E-state index >= 15 is 0 Å². The Bertz CT molecular complexity index is 645. The van der Waals surface area contributed by atoms with Crippen LogP contribution in [-0.2, 0) is 5.41 Å². The van der Waals surface area contributed by atoms with Crippen LogP contribution in [0, 0.1) is 11.3 Å². The molecule has 0 amide bonds. The van der Waals surface area contributed by atoms with E-state index in [0.29, 0.717) is 0 Å². The first-order valence-electron chi connectivity index (χ1n) is 5.79. The molecule has 1 nitrogen and oxygen atoms in total. The lowest BCUT2D eigenvalue weighted by Crippen LogP contribution is -2.14. The molecular formula is C16H13N. The molecule has 2 aromatic carbocycles. The lowest BCUT2D eigenvalue weighted by atomic mass is 9.82. The van der Waals surface area contributed by atoms with Gasteiger partial charge in [-0.15, -0.1) is 0 Å². The van der Waals surface area contributed by atoms with E-state index in [2.05, 4.69) is 50.2 Å². The summed E-state index contributed by atoms with van der Waals surface area (Å²) >= 11 is 0. The molecule has 3 rings (SSSR count). The molecule has 0 heterocycles. The van der Waals surface area contributed by atoms with Crippen LogP contribution in [0.1, 0.15) is 30.5 Å². The molecule has 0 unspecified atom stereocenters. The summed E-state index contributed by atoms with van der Waals surface area (Å²) in [6.45, 7) is 4.44. The maximum Gasteiger partial charge on any atom is 0.0991 e. The third-order valence-corrected chi connectivity index (χ3v) is 3.71. The molecule has 0 saturated heterocycles. The van der Waals surface area contributed by atoms with Gasteiger partial charge in [0.05, 0.1) is 11.6 Å². The summed E-state index contributed by atoms with van der Waals surface area (Å²) < 4.78 is 0. The van der Waals surface area contributed by atoms with Crippen LogP contribution in [0.3, 0.4) is 0 Å². The lowest BCUT2D eigenvalue weighted by Gasteiger charge is -2.21. The number of nitrogens with zero attached hydrogens (tertiary/aromatic N) is 1. The maximum atomic E-state index is 9.01. The van der Waals surface area contributed by atoms with Crippen LogP contribution < -0.4 is 0 Å². The van der Waals surface area contributed by atoms with Crippen molar-refractivity contribution in [3.8, 4) is 17.2 Å². The minimum atomic E-state index is -0.00120. The first-order chi connectivity index (χ1) is 8.14. The molecule has 0 atom stereocenters. The second kappa shape index (κ2) is 3.21. The van der Waals surface area contributed by atoms with Gasteiger partial charge in [0, 0.05) is 5.41 Å². The van der Waals surface area contributed by atoms with Gasteiger partial charge in [0.2, 0.25) is 0 Å². The molecule has 2 aromatic rings. The molecular weight excluding hydrogens is 206 g/mol. The van der Waals surface area contributed by atoms with Crippen molar-refractivity contribution in [2.45, 2.75) is 19.3 Å². The Morgan fingerprint density at radius 3 is 2.41 bits per heavy atom. The zero-order valence-corrected chi connectivity index (χ0v) is 9.99. The zero-order chi connectivity index (χ0) is 12.0. The second-order valence-corrected chi connectivity index (χ2v) is 5.04. The summed E-state index contributed by atoms with van der Waals surface area (Å²) in [4.78, 5) is 0. The van der Waals surface area contributed by atoms with Crippen molar-refractivity contribution in [1.82, 2.24) is 0 Å². The molecule has 1 aliphatic carbocycles. The number of hydrogen-bond donors (Lipinski definition) is 0. The Morgan fingerprint density at radius 2 is 1.65 bits per heavy atom. The fourth-order valence-corrected chi connectivity index (χ4v) is 2.77. The molecule has 17 heavy (non-hydrogen) atoms. The minimum absolute atomic E-state index is 0.00120. The molecule has 0 aliphatic heterocycles. The van der Waals surface area contributed by atoms with E-state index in [0.717, 1.165) is 5.56 Å². The van der Waals surface area contributed by atoms with E-state index < -0.39 is 0 Å². The van der Waals surface area contributed by atoms with Gasteiger partial charge in [0.15, 0.2) is 0 Å². The Kier molecular flexibility index (Phi) is 1.91. The molecule has 1 aliphatic rings. The van der Waals surface area contributed by atoms with Crippen LogP contribution in [-0.4, -0.2) is 0 Å². The number of hydrogen-bond acceptors (Lipinski definition) is 1. The van der Waals surface area contributed by atoms with E-state index in [1.165, 1.54) is 22.3 Å². The summed E-state index contributed by atoms with van der Waals surface area (Å²) in [6.07, 6.45) is 0. The van der Waals surface area contributed by atoms with E-state index in [1.54, 1.807) is 0 Å². The number of benzene rings is 2. The summed E-state index contributed by atoms with van der Waals surface area (Å²) in [5, 5.41) is 9.01. The minimum Gasteiger partial charge on any atom is -0.192 e. The topological polar surface area (TPSA) is 23.8 Å². The van der Waals surface area contributed by atoms with Crippen LogP contribution in [0.5, 0.6) is 0 Å². The quantitative estimate of drug-likeness (QED) is 0.660. The second-order valence-electron chi connectivity index (χ2n) is 5.04. The van der Waals surface area contributed by atoms with E-state index in [9.17, 15) is 0 Å². The van der Waals surface area contributed by atoms with E-state index in [1.807, 2.05) is 12.1 Å². The molecule has 0 saturated carbocycles. The lowest BCUT2D eigenvalue weighted by molar-refractivity contribution is 0.660.